The van der Waals surface area contributed by atoms with Gasteiger partial charge in [-0.3, -0.25) is 14.6 Å². The van der Waals surface area contributed by atoms with Crippen LogP contribution in [-0.4, -0.2) is 43.5 Å². The van der Waals surface area contributed by atoms with E-state index in [1.165, 1.54) is 0 Å². The maximum Gasteiger partial charge on any atom is 0.389 e. The zero-order chi connectivity index (χ0) is 30.5. The number of rotatable bonds is 9. The molecule has 0 spiro atoms. The number of hydrogen-bond acceptors (Lipinski definition) is 5. The number of halogens is 5. The molecule has 13 heteroatoms. The molecule has 3 N–H and O–H groups in total. The van der Waals surface area contributed by atoms with Gasteiger partial charge in [0.25, 0.3) is 0 Å². The number of carbonyl (C=O) groups is 2. The Kier molecular flexibility index (Phi) is 7.62. The Morgan fingerprint density at radius 1 is 1.05 bits per heavy atom. The van der Waals surface area contributed by atoms with E-state index >= 15 is 0 Å². The standard InChI is InChI=1S/C30H33F5N6O2/c31-29(32)9-6-16(7-10-29)26(22-13-20(28(36)43)19-2-1-3-21(19)38-22)23-15-41-24(39-23)12-18(14-37-41)27(17-4-5-17)40-25(42)8-11-30(33,34)35/h12-17,26-27H,1-11H2,(H2,36,43)(H,40,42)/t26-,27+/m0/s1. The SMILES string of the molecule is NC(=O)c1cc([C@@H](c2cn3ncc([C@H](NC(=O)CCC(F)(F)F)C4CC4)cc3n2)C2CCC(F)(F)CC2)nc2c1CCC2. The van der Waals surface area contributed by atoms with Gasteiger partial charge in [-0.15, -0.1) is 0 Å². The van der Waals surface area contributed by atoms with Crippen LogP contribution in [0.5, 0.6) is 0 Å². The van der Waals surface area contributed by atoms with E-state index in [-0.39, 0.29) is 37.5 Å². The lowest BCUT2D eigenvalue weighted by atomic mass is 9.75. The van der Waals surface area contributed by atoms with Crippen molar-refractivity contribution in [1.29, 1.82) is 0 Å². The topological polar surface area (TPSA) is 115 Å². The molecule has 2 fully saturated rings. The van der Waals surface area contributed by atoms with E-state index in [0.717, 1.165) is 30.5 Å². The van der Waals surface area contributed by atoms with Crippen LogP contribution in [0.1, 0.15) is 108 Å². The number of aryl methyl sites for hydroxylation is 1. The van der Waals surface area contributed by atoms with Gasteiger partial charge in [-0.25, -0.2) is 18.3 Å². The number of alkyl halides is 5. The van der Waals surface area contributed by atoms with Crippen molar-refractivity contribution in [2.24, 2.45) is 17.6 Å². The lowest BCUT2D eigenvalue weighted by Crippen LogP contribution is -2.30. The second-order valence-electron chi connectivity index (χ2n) is 12.2. The Morgan fingerprint density at radius 2 is 1.79 bits per heavy atom. The van der Waals surface area contributed by atoms with Crippen LogP contribution < -0.4 is 11.1 Å². The Bertz CT molecular complexity index is 1540. The van der Waals surface area contributed by atoms with Gasteiger partial charge in [0.15, 0.2) is 5.65 Å². The molecule has 2 saturated carbocycles. The van der Waals surface area contributed by atoms with Gasteiger partial charge in [-0.2, -0.15) is 18.3 Å². The summed E-state index contributed by atoms with van der Waals surface area (Å²) < 4.78 is 67.8. The molecule has 0 saturated heterocycles. The van der Waals surface area contributed by atoms with E-state index in [1.54, 1.807) is 29.0 Å². The van der Waals surface area contributed by atoms with E-state index in [1.807, 2.05) is 0 Å². The molecule has 3 aromatic rings. The Labute approximate surface area is 244 Å². The second kappa shape index (κ2) is 11.1. The van der Waals surface area contributed by atoms with Gasteiger partial charge in [0.1, 0.15) is 0 Å². The molecule has 0 radical (unpaired) electrons. The molecule has 0 aromatic carbocycles. The molecule has 43 heavy (non-hydrogen) atoms. The van der Waals surface area contributed by atoms with Crippen molar-refractivity contribution in [1.82, 2.24) is 24.9 Å². The monoisotopic (exact) mass is 604 g/mol. The van der Waals surface area contributed by atoms with Crippen LogP contribution in [0, 0.1) is 11.8 Å². The van der Waals surface area contributed by atoms with Gasteiger partial charge < -0.3 is 11.1 Å². The van der Waals surface area contributed by atoms with Gasteiger partial charge in [0.05, 0.1) is 36.2 Å². The van der Waals surface area contributed by atoms with Crippen LogP contribution in [0.25, 0.3) is 5.65 Å². The summed E-state index contributed by atoms with van der Waals surface area (Å²) in [6, 6.07) is 2.94. The molecule has 0 aliphatic heterocycles. The number of fused-ring (bicyclic) bond motifs is 2. The predicted molar refractivity (Wildman–Crippen MR) is 145 cm³/mol. The predicted octanol–water partition coefficient (Wildman–Crippen LogP) is 5.58. The normalized spacial score (nSPS) is 20.1. The number of hydrogen-bond donors (Lipinski definition) is 2. The highest BCUT2D eigenvalue weighted by molar-refractivity contribution is 5.95. The molecular weight excluding hydrogens is 571 g/mol. The third-order valence-corrected chi connectivity index (χ3v) is 8.97. The van der Waals surface area contributed by atoms with Crippen molar-refractivity contribution in [2.75, 3.05) is 0 Å². The molecule has 3 aliphatic carbocycles. The minimum Gasteiger partial charge on any atom is -0.366 e. The van der Waals surface area contributed by atoms with E-state index < -0.39 is 48.7 Å². The van der Waals surface area contributed by atoms with E-state index in [9.17, 15) is 31.5 Å². The van der Waals surface area contributed by atoms with Crippen LogP contribution in [0.4, 0.5) is 22.0 Å². The number of nitrogens with zero attached hydrogens (tertiary/aromatic N) is 4. The number of amides is 2. The van der Waals surface area contributed by atoms with E-state index in [4.69, 9.17) is 15.7 Å². The van der Waals surface area contributed by atoms with Gasteiger partial charge in [0, 0.05) is 36.4 Å². The van der Waals surface area contributed by atoms with E-state index in [2.05, 4.69) is 10.4 Å². The molecule has 0 unspecified atom stereocenters. The third-order valence-electron chi connectivity index (χ3n) is 8.97. The fraction of sp³-hybridized carbons (Fsp3) is 0.567. The number of imidazole rings is 1. The largest absolute Gasteiger partial charge is 0.389 e. The average Bonchev–Trinajstić information content (AvgIpc) is 3.52. The minimum absolute atomic E-state index is 0.0907. The zero-order valence-corrected chi connectivity index (χ0v) is 23.5. The van der Waals surface area contributed by atoms with Crippen molar-refractivity contribution in [3.05, 3.63) is 58.3 Å². The van der Waals surface area contributed by atoms with Crippen LogP contribution in [-0.2, 0) is 17.6 Å². The lowest BCUT2D eigenvalue weighted by molar-refractivity contribution is -0.144. The van der Waals surface area contributed by atoms with Crippen molar-refractivity contribution in [3.8, 4) is 0 Å². The molecule has 8 nitrogen and oxygen atoms in total. The Balaban J connectivity index is 1.34. The zero-order valence-electron chi connectivity index (χ0n) is 23.5. The average molecular weight is 605 g/mol. The molecule has 3 heterocycles. The summed E-state index contributed by atoms with van der Waals surface area (Å²) >= 11 is 0. The Hall–Kier alpha value is -3.64. The number of pyridine rings is 1. The smallest absolute Gasteiger partial charge is 0.366 e. The first-order valence-electron chi connectivity index (χ1n) is 14.8. The number of aromatic nitrogens is 4. The highest BCUT2D eigenvalue weighted by Gasteiger charge is 2.41. The van der Waals surface area contributed by atoms with Crippen LogP contribution in [0.2, 0.25) is 0 Å². The van der Waals surface area contributed by atoms with Crippen LogP contribution in [0.15, 0.2) is 24.5 Å². The maximum atomic E-state index is 14.2. The summed E-state index contributed by atoms with van der Waals surface area (Å²) in [6.07, 6.45) is 0.935. The van der Waals surface area contributed by atoms with E-state index in [0.29, 0.717) is 41.0 Å². The molecule has 3 aromatic heterocycles. The third kappa shape index (κ3) is 6.50. The number of nitrogens with one attached hydrogen (secondary N) is 1. The minimum atomic E-state index is -4.42. The van der Waals surface area contributed by atoms with Crippen molar-refractivity contribution in [2.45, 2.75) is 94.7 Å². The van der Waals surface area contributed by atoms with Crippen molar-refractivity contribution < 1.29 is 31.5 Å². The van der Waals surface area contributed by atoms with Crippen molar-refractivity contribution in [3.63, 3.8) is 0 Å². The quantitative estimate of drug-likeness (QED) is 0.310. The lowest BCUT2D eigenvalue weighted by Gasteiger charge is -2.33. The number of primary amides is 1. The molecular formula is C30H33F5N6O2. The highest BCUT2D eigenvalue weighted by atomic mass is 19.4. The molecule has 3 aliphatic rings. The first kappa shape index (κ1) is 29.4. The molecule has 230 valence electrons. The second-order valence-corrected chi connectivity index (χ2v) is 12.2. The number of carbonyl (C=O) groups excluding carboxylic acids is 2. The summed E-state index contributed by atoms with van der Waals surface area (Å²) in [5, 5.41) is 7.23. The molecule has 0 bridgehead atoms. The Morgan fingerprint density at radius 3 is 2.47 bits per heavy atom. The summed E-state index contributed by atoms with van der Waals surface area (Å²) in [4.78, 5) is 34.5. The van der Waals surface area contributed by atoms with Crippen molar-refractivity contribution >= 4 is 17.5 Å². The molecule has 2 atom stereocenters. The highest BCUT2D eigenvalue weighted by Crippen LogP contribution is 2.45. The molecule has 2 amide bonds. The summed E-state index contributed by atoms with van der Waals surface area (Å²) in [6.45, 7) is 0. The van der Waals surface area contributed by atoms with Gasteiger partial charge in [-0.05, 0) is 80.0 Å². The summed E-state index contributed by atoms with van der Waals surface area (Å²) in [7, 11) is 0. The maximum absolute atomic E-state index is 14.2. The summed E-state index contributed by atoms with van der Waals surface area (Å²) in [5.41, 5.74) is 10.0. The summed E-state index contributed by atoms with van der Waals surface area (Å²) in [5.74, 6) is -4.56. The van der Waals surface area contributed by atoms with Crippen LogP contribution >= 0.6 is 0 Å². The fourth-order valence-electron chi connectivity index (χ4n) is 6.61. The fourth-order valence-corrected chi connectivity index (χ4v) is 6.61. The van der Waals surface area contributed by atoms with Gasteiger partial charge in [0.2, 0.25) is 17.7 Å². The first-order valence-corrected chi connectivity index (χ1v) is 14.8. The first-order chi connectivity index (χ1) is 20.4. The van der Waals surface area contributed by atoms with Crippen LogP contribution in [0.3, 0.4) is 0 Å². The number of nitrogens with two attached hydrogens (primary N) is 1. The van der Waals surface area contributed by atoms with Gasteiger partial charge in [-0.1, -0.05) is 0 Å². The van der Waals surface area contributed by atoms with Gasteiger partial charge >= 0.3 is 6.18 Å². The molecule has 6 rings (SSSR count).